The number of phenols is 1. The average Bonchev–Trinajstić information content (AvgIpc) is 2.28. The highest BCUT2D eigenvalue weighted by molar-refractivity contribution is 5.37. The molecule has 0 saturated carbocycles. The second-order valence-electron chi connectivity index (χ2n) is 3.63. The van der Waals surface area contributed by atoms with Crippen LogP contribution < -0.4 is 0 Å². The molecule has 1 aliphatic carbocycles. The average molecular weight is 180 g/mol. The van der Waals surface area contributed by atoms with Crippen molar-refractivity contribution in [2.45, 2.75) is 32.1 Å². The molecule has 0 unspecified atom stereocenters. The van der Waals surface area contributed by atoms with Gasteiger partial charge in [-0.05, 0) is 42.9 Å². The van der Waals surface area contributed by atoms with E-state index in [0.29, 0.717) is 0 Å². The van der Waals surface area contributed by atoms with Gasteiger partial charge in [-0.1, -0.05) is 6.42 Å². The molecular formula is C11H13FO. The van der Waals surface area contributed by atoms with Crippen molar-refractivity contribution in [3.05, 3.63) is 29.1 Å². The molecule has 0 bridgehead atoms. The molecule has 1 aromatic rings. The van der Waals surface area contributed by atoms with Crippen LogP contribution in [0.4, 0.5) is 4.39 Å². The maximum absolute atomic E-state index is 13.4. The molecule has 0 spiro atoms. The maximum atomic E-state index is 13.4. The summed E-state index contributed by atoms with van der Waals surface area (Å²) in [4.78, 5) is 0. The van der Waals surface area contributed by atoms with Gasteiger partial charge in [-0.2, -0.15) is 0 Å². The fourth-order valence-corrected chi connectivity index (χ4v) is 1.97. The second kappa shape index (κ2) is 3.36. The molecule has 1 aromatic carbocycles. The van der Waals surface area contributed by atoms with Crippen molar-refractivity contribution in [3.63, 3.8) is 0 Å². The van der Waals surface area contributed by atoms with Crippen LogP contribution in [0.15, 0.2) is 12.1 Å². The first-order valence-electron chi connectivity index (χ1n) is 4.77. The molecule has 0 saturated heterocycles. The van der Waals surface area contributed by atoms with Crippen molar-refractivity contribution in [1.82, 2.24) is 0 Å². The Kier molecular flexibility index (Phi) is 2.21. The topological polar surface area (TPSA) is 20.2 Å². The summed E-state index contributed by atoms with van der Waals surface area (Å²) in [5, 5.41) is 9.22. The molecule has 0 aliphatic heterocycles. The van der Waals surface area contributed by atoms with Crippen LogP contribution in [-0.4, -0.2) is 5.11 Å². The zero-order valence-corrected chi connectivity index (χ0v) is 7.52. The highest BCUT2D eigenvalue weighted by atomic mass is 19.1. The second-order valence-corrected chi connectivity index (χ2v) is 3.63. The number of rotatable bonds is 0. The van der Waals surface area contributed by atoms with Crippen molar-refractivity contribution in [2.24, 2.45) is 0 Å². The Labute approximate surface area is 77.2 Å². The smallest absolute Gasteiger partial charge is 0.130 e. The number of fused-ring (bicyclic) bond motifs is 1. The van der Waals surface area contributed by atoms with E-state index in [-0.39, 0.29) is 11.6 Å². The van der Waals surface area contributed by atoms with Gasteiger partial charge < -0.3 is 5.11 Å². The number of aryl methyl sites for hydroxylation is 1. The SMILES string of the molecule is Oc1cc(F)c2c(c1)CCCCC2. The summed E-state index contributed by atoms with van der Waals surface area (Å²) in [6.45, 7) is 0. The largest absolute Gasteiger partial charge is 0.508 e. The van der Waals surface area contributed by atoms with Crippen LogP contribution in [0.25, 0.3) is 0 Å². The van der Waals surface area contributed by atoms with E-state index >= 15 is 0 Å². The van der Waals surface area contributed by atoms with Crippen molar-refractivity contribution in [2.75, 3.05) is 0 Å². The van der Waals surface area contributed by atoms with Crippen molar-refractivity contribution in [1.29, 1.82) is 0 Å². The van der Waals surface area contributed by atoms with Crippen molar-refractivity contribution >= 4 is 0 Å². The third kappa shape index (κ3) is 1.67. The molecule has 1 nitrogen and oxygen atoms in total. The Hall–Kier alpha value is -1.05. The molecule has 0 heterocycles. The normalized spacial score (nSPS) is 16.4. The van der Waals surface area contributed by atoms with Gasteiger partial charge in [0, 0.05) is 6.07 Å². The number of hydrogen-bond acceptors (Lipinski definition) is 1. The maximum Gasteiger partial charge on any atom is 0.130 e. The minimum Gasteiger partial charge on any atom is -0.508 e. The minimum absolute atomic E-state index is 0.0538. The molecule has 0 amide bonds. The number of phenolic OH excluding ortho intramolecular Hbond substituents is 1. The highest BCUT2D eigenvalue weighted by Crippen LogP contribution is 2.26. The predicted molar refractivity (Wildman–Crippen MR) is 49.3 cm³/mol. The van der Waals surface area contributed by atoms with Gasteiger partial charge in [0.25, 0.3) is 0 Å². The standard InChI is InChI=1S/C11H13FO/c12-11-7-9(13)6-8-4-2-1-3-5-10(8)11/h6-7,13H,1-5H2. The van der Waals surface area contributed by atoms with Gasteiger partial charge in [-0.15, -0.1) is 0 Å². The van der Waals surface area contributed by atoms with Gasteiger partial charge in [-0.25, -0.2) is 4.39 Å². The van der Waals surface area contributed by atoms with Crippen LogP contribution in [-0.2, 0) is 12.8 Å². The summed E-state index contributed by atoms with van der Waals surface area (Å²) in [7, 11) is 0. The quantitative estimate of drug-likeness (QED) is 0.609. The lowest BCUT2D eigenvalue weighted by Crippen LogP contribution is -1.95. The van der Waals surface area contributed by atoms with E-state index in [2.05, 4.69) is 0 Å². The van der Waals surface area contributed by atoms with E-state index in [1.54, 1.807) is 6.07 Å². The Balaban J connectivity index is 2.47. The molecule has 0 aromatic heterocycles. The molecule has 70 valence electrons. The monoisotopic (exact) mass is 180 g/mol. The number of hydrogen-bond donors (Lipinski definition) is 1. The van der Waals surface area contributed by atoms with Gasteiger partial charge in [0.1, 0.15) is 11.6 Å². The Morgan fingerprint density at radius 3 is 2.69 bits per heavy atom. The van der Waals surface area contributed by atoms with Crippen LogP contribution in [0.1, 0.15) is 30.4 Å². The van der Waals surface area contributed by atoms with Gasteiger partial charge in [0.15, 0.2) is 0 Å². The summed E-state index contributed by atoms with van der Waals surface area (Å²) in [6.07, 6.45) is 5.06. The van der Waals surface area contributed by atoms with Crippen LogP contribution in [0.2, 0.25) is 0 Å². The van der Waals surface area contributed by atoms with E-state index < -0.39 is 0 Å². The van der Waals surface area contributed by atoms with Gasteiger partial charge in [0.2, 0.25) is 0 Å². The Morgan fingerprint density at radius 1 is 1.08 bits per heavy atom. The van der Waals surface area contributed by atoms with Crippen LogP contribution in [0.3, 0.4) is 0 Å². The molecule has 0 radical (unpaired) electrons. The molecule has 2 rings (SSSR count). The third-order valence-electron chi connectivity index (χ3n) is 2.65. The lowest BCUT2D eigenvalue weighted by Gasteiger charge is -2.06. The molecule has 1 N–H and O–H groups in total. The van der Waals surface area contributed by atoms with Crippen LogP contribution in [0, 0.1) is 5.82 Å². The van der Waals surface area contributed by atoms with Crippen molar-refractivity contribution in [3.8, 4) is 5.75 Å². The lowest BCUT2D eigenvalue weighted by atomic mass is 10.0. The summed E-state index contributed by atoms with van der Waals surface area (Å²) in [6, 6.07) is 2.91. The van der Waals surface area contributed by atoms with E-state index in [1.165, 1.54) is 6.07 Å². The first-order valence-corrected chi connectivity index (χ1v) is 4.77. The van der Waals surface area contributed by atoms with Crippen LogP contribution >= 0.6 is 0 Å². The molecule has 0 atom stereocenters. The molecule has 13 heavy (non-hydrogen) atoms. The summed E-state index contributed by atoms with van der Waals surface area (Å²) >= 11 is 0. The zero-order chi connectivity index (χ0) is 9.26. The van der Waals surface area contributed by atoms with E-state index in [4.69, 9.17) is 0 Å². The summed E-state index contributed by atoms with van der Waals surface area (Å²) in [5.74, 6) is -0.185. The minimum atomic E-state index is -0.239. The van der Waals surface area contributed by atoms with Crippen LogP contribution in [0.5, 0.6) is 5.75 Å². The summed E-state index contributed by atoms with van der Waals surface area (Å²) in [5.41, 5.74) is 1.81. The van der Waals surface area contributed by atoms with Gasteiger partial charge in [-0.3, -0.25) is 0 Å². The van der Waals surface area contributed by atoms with E-state index in [0.717, 1.165) is 43.2 Å². The molecule has 1 aliphatic rings. The first-order chi connectivity index (χ1) is 6.27. The number of aromatic hydroxyl groups is 1. The zero-order valence-electron chi connectivity index (χ0n) is 7.52. The lowest BCUT2D eigenvalue weighted by molar-refractivity contribution is 0.466. The first kappa shape index (κ1) is 8.54. The molecule has 0 fully saturated rings. The fourth-order valence-electron chi connectivity index (χ4n) is 1.97. The predicted octanol–water partition coefficient (Wildman–Crippen LogP) is 2.80. The molecule has 2 heteroatoms. The van der Waals surface area contributed by atoms with Gasteiger partial charge >= 0.3 is 0 Å². The Morgan fingerprint density at radius 2 is 1.85 bits per heavy atom. The van der Waals surface area contributed by atoms with Crippen molar-refractivity contribution < 1.29 is 9.50 Å². The van der Waals surface area contributed by atoms with E-state index in [1.807, 2.05) is 0 Å². The molecular weight excluding hydrogens is 167 g/mol. The summed E-state index contributed by atoms with van der Waals surface area (Å²) < 4.78 is 13.4. The highest BCUT2D eigenvalue weighted by Gasteiger charge is 2.13. The third-order valence-corrected chi connectivity index (χ3v) is 2.65. The number of halogens is 1. The number of benzene rings is 1. The van der Waals surface area contributed by atoms with Gasteiger partial charge in [0.05, 0.1) is 0 Å². The fraction of sp³-hybridized carbons (Fsp3) is 0.455. The van der Waals surface area contributed by atoms with E-state index in [9.17, 15) is 9.50 Å². The Bertz CT molecular complexity index is 320.